The highest BCUT2D eigenvalue weighted by atomic mass is 127. The lowest BCUT2D eigenvalue weighted by molar-refractivity contribution is 0.0857. The largest absolute Gasteiger partial charge is 0.376 e. The lowest BCUT2D eigenvalue weighted by atomic mass is 10.1. The Kier molecular flexibility index (Phi) is 10.8. The number of amides is 1. The molecule has 1 atom stereocenters. The number of rotatable bonds is 8. The van der Waals surface area contributed by atoms with Crippen molar-refractivity contribution >= 4 is 35.8 Å². The quantitative estimate of drug-likeness (QED) is 0.273. The van der Waals surface area contributed by atoms with Crippen LogP contribution in [-0.4, -0.2) is 37.7 Å². The van der Waals surface area contributed by atoms with Gasteiger partial charge in [-0.15, -0.1) is 24.0 Å². The van der Waals surface area contributed by atoms with E-state index in [1.807, 2.05) is 31.2 Å². The van der Waals surface area contributed by atoms with Crippen molar-refractivity contribution < 1.29 is 9.53 Å². The first-order valence-corrected chi connectivity index (χ1v) is 10.7. The second-order valence-electron chi connectivity index (χ2n) is 7.58. The molecule has 2 aromatic carbocycles. The Hall–Kier alpha value is -2.13. The normalized spacial score (nSPS) is 15.8. The van der Waals surface area contributed by atoms with Gasteiger partial charge in [-0.3, -0.25) is 4.79 Å². The standard InChI is InChI=1S/C24H32N4O2.HI/c1-3-25-24(27-15-19-11-9-18(2)10-12-19)28-16-20-6-4-7-21(14-20)23(29)26-17-22-8-5-13-30-22;/h4,6-7,9-12,14,22H,3,5,8,13,15-17H2,1-2H3,(H,26,29)(H2,25,27,28);1H. The van der Waals surface area contributed by atoms with E-state index in [-0.39, 0.29) is 36.0 Å². The van der Waals surface area contributed by atoms with Gasteiger partial charge >= 0.3 is 0 Å². The predicted octanol–water partition coefficient (Wildman–Crippen LogP) is 3.78. The summed E-state index contributed by atoms with van der Waals surface area (Å²) in [4.78, 5) is 17.1. The van der Waals surface area contributed by atoms with Gasteiger partial charge in [0.05, 0.1) is 12.6 Å². The summed E-state index contributed by atoms with van der Waals surface area (Å²) >= 11 is 0. The molecule has 0 spiro atoms. The van der Waals surface area contributed by atoms with Crippen LogP contribution < -0.4 is 16.0 Å². The number of halogens is 1. The monoisotopic (exact) mass is 536 g/mol. The molecule has 0 radical (unpaired) electrons. The lowest BCUT2D eigenvalue weighted by Crippen LogP contribution is -2.36. The first-order valence-electron chi connectivity index (χ1n) is 10.7. The molecule has 1 fully saturated rings. The van der Waals surface area contributed by atoms with Crippen LogP contribution in [0.25, 0.3) is 0 Å². The summed E-state index contributed by atoms with van der Waals surface area (Å²) in [6.07, 6.45) is 2.22. The van der Waals surface area contributed by atoms with Gasteiger partial charge in [0.25, 0.3) is 5.91 Å². The molecule has 1 aliphatic rings. The fourth-order valence-electron chi connectivity index (χ4n) is 3.33. The van der Waals surface area contributed by atoms with Gasteiger partial charge in [-0.25, -0.2) is 4.99 Å². The number of carbonyl (C=O) groups excluding carboxylic acids is 1. The molecule has 3 N–H and O–H groups in total. The van der Waals surface area contributed by atoms with Crippen LogP contribution in [0.5, 0.6) is 0 Å². The Labute approximate surface area is 202 Å². The molecule has 1 amide bonds. The molecule has 1 heterocycles. The fraction of sp³-hybridized carbons (Fsp3) is 0.417. The number of aryl methyl sites for hydroxylation is 1. The van der Waals surface area contributed by atoms with Crippen LogP contribution >= 0.6 is 24.0 Å². The number of aliphatic imine (C=N–C) groups is 1. The number of guanidine groups is 1. The van der Waals surface area contributed by atoms with Crippen molar-refractivity contribution in [3.63, 3.8) is 0 Å². The van der Waals surface area contributed by atoms with Crippen LogP contribution in [0.2, 0.25) is 0 Å². The number of hydrogen-bond donors (Lipinski definition) is 3. The lowest BCUT2D eigenvalue weighted by Gasteiger charge is -2.12. The Morgan fingerprint density at radius 3 is 2.61 bits per heavy atom. The van der Waals surface area contributed by atoms with Crippen LogP contribution in [0.4, 0.5) is 0 Å². The Morgan fingerprint density at radius 1 is 1.10 bits per heavy atom. The minimum absolute atomic E-state index is 0. The van der Waals surface area contributed by atoms with E-state index in [9.17, 15) is 4.79 Å². The number of hydrogen-bond acceptors (Lipinski definition) is 3. The molecule has 1 saturated heterocycles. The number of carbonyl (C=O) groups is 1. The predicted molar refractivity (Wildman–Crippen MR) is 136 cm³/mol. The van der Waals surface area contributed by atoms with Gasteiger partial charge in [0.15, 0.2) is 5.96 Å². The molecule has 3 rings (SSSR count). The summed E-state index contributed by atoms with van der Waals surface area (Å²) in [5.41, 5.74) is 4.10. The third-order valence-corrected chi connectivity index (χ3v) is 5.05. The first-order chi connectivity index (χ1) is 14.6. The fourth-order valence-corrected chi connectivity index (χ4v) is 3.33. The van der Waals surface area contributed by atoms with E-state index in [2.05, 4.69) is 52.1 Å². The number of nitrogens with zero attached hydrogens (tertiary/aromatic N) is 1. The molecular formula is C24H33IN4O2. The van der Waals surface area contributed by atoms with Crippen LogP contribution in [0, 0.1) is 6.92 Å². The number of nitrogens with one attached hydrogen (secondary N) is 3. The zero-order valence-corrected chi connectivity index (χ0v) is 20.6. The van der Waals surface area contributed by atoms with E-state index in [1.54, 1.807) is 0 Å². The van der Waals surface area contributed by atoms with E-state index in [0.29, 0.717) is 25.2 Å². The zero-order chi connectivity index (χ0) is 21.2. The second-order valence-corrected chi connectivity index (χ2v) is 7.58. The summed E-state index contributed by atoms with van der Waals surface area (Å²) in [5.74, 6) is 0.687. The topological polar surface area (TPSA) is 74.8 Å². The zero-order valence-electron chi connectivity index (χ0n) is 18.3. The van der Waals surface area contributed by atoms with Gasteiger partial charge in [-0.1, -0.05) is 42.0 Å². The van der Waals surface area contributed by atoms with Crippen LogP contribution in [0.15, 0.2) is 53.5 Å². The van der Waals surface area contributed by atoms with E-state index in [0.717, 1.165) is 37.5 Å². The maximum atomic E-state index is 12.5. The van der Waals surface area contributed by atoms with E-state index >= 15 is 0 Å². The number of ether oxygens (including phenoxy) is 1. The van der Waals surface area contributed by atoms with Crippen molar-refractivity contribution in [3.05, 3.63) is 70.8 Å². The van der Waals surface area contributed by atoms with Crippen molar-refractivity contribution in [1.82, 2.24) is 16.0 Å². The highest BCUT2D eigenvalue weighted by molar-refractivity contribution is 14.0. The minimum atomic E-state index is -0.0688. The molecule has 6 nitrogen and oxygen atoms in total. The summed E-state index contributed by atoms with van der Waals surface area (Å²) in [6.45, 7) is 7.47. The summed E-state index contributed by atoms with van der Waals surface area (Å²) in [5, 5.41) is 9.60. The molecule has 0 saturated carbocycles. The summed E-state index contributed by atoms with van der Waals surface area (Å²) in [6, 6.07) is 16.1. The molecule has 0 bridgehead atoms. The molecule has 0 aromatic heterocycles. The average Bonchev–Trinajstić information content (AvgIpc) is 3.29. The van der Waals surface area contributed by atoms with Gasteiger partial charge in [-0.2, -0.15) is 0 Å². The third kappa shape index (κ3) is 8.49. The van der Waals surface area contributed by atoms with Crippen LogP contribution in [-0.2, 0) is 17.8 Å². The van der Waals surface area contributed by atoms with E-state index in [1.165, 1.54) is 11.1 Å². The molecule has 0 aliphatic carbocycles. The highest BCUT2D eigenvalue weighted by Crippen LogP contribution is 2.11. The molecule has 1 aliphatic heterocycles. The summed E-state index contributed by atoms with van der Waals surface area (Å²) in [7, 11) is 0. The minimum Gasteiger partial charge on any atom is -0.376 e. The SMILES string of the molecule is CCNC(=NCc1cccc(C(=O)NCC2CCCO2)c1)NCc1ccc(C)cc1.I. The van der Waals surface area contributed by atoms with Gasteiger partial charge in [0.1, 0.15) is 0 Å². The van der Waals surface area contributed by atoms with Crippen molar-refractivity contribution in [2.75, 3.05) is 19.7 Å². The molecular weight excluding hydrogens is 503 g/mol. The smallest absolute Gasteiger partial charge is 0.251 e. The Bertz CT molecular complexity index is 849. The summed E-state index contributed by atoms with van der Waals surface area (Å²) < 4.78 is 5.57. The van der Waals surface area contributed by atoms with Crippen molar-refractivity contribution in [2.45, 2.75) is 45.9 Å². The van der Waals surface area contributed by atoms with E-state index < -0.39 is 0 Å². The third-order valence-electron chi connectivity index (χ3n) is 5.05. The maximum Gasteiger partial charge on any atom is 0.251 e. The molecule has 168 valence electrons. The van der Waals surface area contributed by atoms with Crippen LogP contribution in [0.3, 0.4) is 0 Å². The van der Waals surface area contributed by atoms with Crippen LogP contribution in [0.1, 0.15) is 46.8 Å². The molecule has 31 heavy (non-hydrogen) atoms. The number of benzene rings is 2. The average molecular weight is 536 g/mol. The maximum absolute atomic E-state index is 12.5. The molecule has 7 heteroatoms. The second kappa shape index (κ2) is 13.3. The van der Waals surface area contributed by atoms with Crippen molar-refractivity contribution in [1.29, 1.82) is 0 Å². The van der Waals surface area contributed by atoms with Gasteiger partial charge < -0.3 is 20.7 Å². The first kappa shape index (κ1) is 25.1. The van der Waals surface area contributed by atoms with Gasteiger partial charge in [0.2, 0.25) is 0 Å². The molecule has 1 unspecified atom stereocenters. The van der Waals surface area contributed by atoms with E-state index in [4.69, 9.17) is 4.74 Å². The van der Waals surface area contributed by atoms with Crippen molar-refractivity contribution in [3.8, 4) is 0 Å². The Balaban J connectivity index is 0.00000341. The van der Waals surface area contributed by atoms with Crippen molar-refractivity contribution in [2.24, 2.45) is 4.99 Å². The highest BCUT2D eigenvalue weighted by Gasteiger charge is 2.16. The molecule has 2 aromatic rings. The van der Waals surface area contributed by atoms with Gasteiger partial charge in [-0.05, 0) is 49.9 Å². The Morgan fingerprint density at radius 2 is 1.90 bits per heavy atom. The van der Waals surface area contributed by atoms with Gasteiger partial charge in [0, 0.05) is 31.8 Å².